The smallest absolute Gasteiger partial charge is 0.251 e. The number of nitrogens with zero attached hydrogens (tertiary/aromatic N) is 1. The molecule has 0 saturated carbocycles. The first-order valence-corrected chi connectivity index (χ1v) is 5.35. The Morgan fingerprint density at radius 3 is 2.81 bits per heavy atom. The van der Waals surface area contributed by atoms with Crippen LogP contribution in [-0.4, -0.2) is 4.57 Å². The Labute approximate surface area is 94.5 Å². The molecule has 2 nitrogen and oxygen atoms in total. The molecule has 1 aromatic heterocycles. The van der Waals surface area contributed by atoms with Gasteiger partial charge in [0.15, 0.2) is 0 Å². The molecule has 1 aromatic carbocycles. The lowest BCUT2D eigenvalue weighted by atomic mass is 10.2. The van der Waals surface area contributed by atoms with E-state index in [2.05, 4.69) is 5.92 Å². The summed E-state index contributed by atoms with van der Waals surface area (Å²) in [6.45, 7) is 0.685. The molecule has 2 heteroatoms. The van der Waals surface area contributed by atoms with Crippen LogP contribution in [0.25, 0.3) is 10.9 Å². The minimum Gasteiger partial charge on any atom is -0.308 e. The second-order valence-corrected chi connectivity index (χ2v) is 3.69. The van der Waals surface area contributed by atoms with Crippen molar-refractivity contribution >= 4 is 10.9 Å². The van der Waals surface area contributed by atoms with Crippen LogP contribution in [-0.2, 0) is 6.54 Å². The van der Waals surface area contributed by atoms with Gasteiger partial charge in [-0.05, 0) is 23.9 Å². The number of unbranched alkanes of at least 4 members (excludes halogenated alkanes) is 1. The summed E-state index contributed by atoms with van der Waals surface area (Å²) in [5.41, 5.74) is 1.02. The average Bonchev–Trinajstić information content (AvgIpc) is 2.32. The minimum absolute atomic E-state index is 0.0377. The third-order valence-corrected chi connectivity index (χ3v) is 2.60. The quantitative estimate of drug-likeness (QED) is 0.564. The SMILES string of the molecule is C#CCCCn1c(=O)ccc2ccccc21. The third-order valence-electron chi connectivity index (χ3n) is 2.60. The lowest BCUT2D eigenvalue weighted by Crippen LogP contribution is -2.19. The lowest BCUT2D eigenvalue weighted by molar-refractivity contribution is 0.655. The Morgan fingerprint density at radius 1 is 1.19 bits per heavy atom. The standard InChI is InChI=1S/C14H13NO/c1-2-3-6-11-15-13-8-5-4-7-12(13)9-10-14(15)16/h1,4-5,7-10H,3,6,11H2. The summed E-state index contributed by atoms with van der Waals surface area (Å²) in [7, 11) is 0. The van der Waals surface area contributed by atoms with Gasteiger partial charge < -0.3 is 4.57 Å². The number of terminal acetylenes is 1. The lowest BCUT2D eigenvalue weighted by Gasteiger charge is -2.08. The van der Waals surface area contributed by atoms with E-state index in [1.807, 2.05) is 30.3 Å². The molecular weight excluding hydrogens is 198 g/mol. The number of benzene rings is 1. The molecule has 0 aliphatic heterocycles. The van der Waals surface area contributed by atoms with Gasteiger partial charge in [0, 0.05) is 19.0 Å². The largest absolute Gasteiger partial charge is 0.308 e. The second-order valence-electron chi connectivity index (χ2n) is 3.69. The number of para-hydroxylation sites is 1. The number of hydrogen-bond acceptors (Lipinski definition) is 1. The number of fused-ring (bicyclic) bond motifs is 1. The molecular formula is C14H13NO. The molecule has 0 aliphatic rings. The first kappa shape index (κ1) is 10.5. The summed E-state index contributed by atoms with van der Waals surface area (Å²) >= 11 is 0. The fraction of sp³-hybridized carbons (Fsp3) is 0.214. The highest BCUT2D eigenvalue weighted by atomic mass is 16.1. The van der Waals surface area contributed by atoms with Gasteiger partial charge in [-0.2, -0.15) is 0 Å². The van der Waals surface area contributed by atoms with Crippen molar-refractivity contribution in [3.8, 4) is 12.3 Å². The fourth-order valence-electron chi connectivity index (χ4n) is 1.81. The molecule has 0 unspecified atom stereocenters. The van der Waals surface area contributed by atoms with Gasteiger partial charge in [-0.25, -0.2) is 0 Å². The highest BCUT2D eigenvalue weighted by molar-refractivity contribution is 5.78. The van der Waals surface area contributed by atoms with Crippen molar-refractivity contribution in [1.29, 1.82) is 0 Å². The zero-order chi connectivity index (χ0) is 11.4. The van der Waals surface area contributed by atoms with E-state index >= 15 is 0 Å². The van der Waals surface area contributed by atoms with Crippen molar-refractivity contribution in [1.82, 2.24) is 4.57 Å². The molecule has 2 aromatic rings. The van der Waals surface area contributed by atoms with E-state index in [1.165, 1.54) is 0 Å². The number of aryl methyl sites for hydroxylation is 1. The number of hydrogen-bond donors (Lipinski definition) is 0. The van der Waals surface area contributed by atoms with Gasteiger partial charge in [-0.3, -0.25) is 4.79 Å². The van der Waals surface area contributed by atoms with Gasteiger partial charge in [-0.1, -0.05) is 18.2 Å². The Bertz CT molecular complexity index is 589. The maximum absolute atomic E-state index is 11.7. The Balaban J connectivity index is 2.46. The molecule has 0 radical (unpaired) electrons. The molecule has 16 heavy (non-hydrogen) atoms. The Morgan fingerprint density at radius 2 is 2.00 bits per heavy atom. The van der Waals surface area contributed by atoms with E-state index in [4.69, 9.17) is 6.42 Å². The molecule has 0 amide bonds. The molecule has 0 fully saturated rings. The van der Waals surface area contributed by atoms with Crippen molar-refractivity contribution in [2.75, 3.05) is 0 Å². The van der Waals surface area contributed by atoms with Crippen LogP contribution in [0.3, 0.4) is 0 Å². The maximum atomic E-state index is 11.7. The van der Waals surface area contributed by atoms with Crippen LogP contribution in [0.5, 0.6) is 0 Å². The second kappa shape index (κ2) is 4.67. The van der Waals surface area contributed by atoms with E-state index in [0.717, 1.165) is 17.3 Å². The molecule has 0 saturated heterocycles. The predicted octanol–water partition coefficient (Wildman–Crippen LogP) is 2.41. The van der Waals surface area contributed by atoms with Crippen molar-refractivity contribution < 1.29 is 0 Å². The summed E-state index contributed by atoms with van der Waals surface area (Å²) in [5, 5.41) is 1.09. The molecule has 1 heterocycles. The van der Waals surface area contributed by atoms with Crippen molar-refractivity contribution in [3.05, 3.63) is 46.8 Å². The van der Waals surface area contributed by atoms with Crippen LogP contribution >= 0.6 is 0 Å². The minimum atomic E-state index is 0.0377. The summed E-state index contributed by atoms with van der Waals surface area (Å²) in [6, 6.07) is 11.4. The highest BCUT2D eigenvalue weighted by Crippen LogP contribution is 2.11. The van der Waals surface area contributed by atoms with E-state index < -0.39 is 0 Å². The van der Waals surface area contributed by atoms with Gasteiger partial charge in [0.1, 0.15) is 0 Å². The van der Waals surface area contributed by atoms with Crippen molar-refractivity contribution in [2.45, 2.75) is 19.4 Å². The van der Waals surface area contributed by atoms with Crippen LogP contribution in [0, 0.1) is 12.3 Å². The topological polar surface area (TPSA) is 22.0 Å². The number of pyridine rings is 1. The van der Waals surface area contributed by atoms with Crippen LogP contribution in [0.2, 0.25) is 0 Å². The van der Waals surface area contributed by atoms with E-state index in [9.17, 15) is 4.79 Å². The van der Waals surface area contributed by atoms with E-state index in [1.54, 1.807) is 10.6 Å². The Hall–Kier alpha value is -2.01. The van der Waals surface area contributed by atoms with Gasteiger partial charge in [-0.15, -0.1) is 12.3 Å². The first-order chi connectivity index (χ1) is 7.83. The van der Waals surface area contributed by atoms with Crippen LogP contribution < -0.4 is 5.56 Å². The monoisotopic (exact) mass is 211 g/mol. The summed E-state index contributed by atoms with van der Waals surface area (Å²) < 4.78 is 1.78. The fourth-order valence-corrected chi connectivity index (χ4v) is 1.81. The summed E-state index contributed by atoms with van der Waals surface area (Å²) in [6.07, 6.45) is 6.75. The zero-order valence-electron chi connectivity index (χ0n) is 9.02. The summed E-state index contributed by atoms with van der Waals surface area (Å²) in [4.78, 5) is 11.7. The third kappa shape index (κ3) is 1.99. The van der Waals surface area contributed by atoms with Gasteiger partial charge in [0.25, 0.3) is 5.56 Å². The van der Waals surface area contributed by atoms with Gasteiger partial charge in [0.2, 0.25) is 0 Å². The molecule has 0 bridgehead atoms. The van der Waals surface area contributed by atoms with Crippen LogP contribution in [0.4, 0.5) is 0 Å². The normalized spacial score (nSPS) is 10.2. The van der Waals surface area contributed by atoms with Crippen molar-refractivity contribution in [2.24, 2.45) is 0 Å². The highest BCUT2D eigenvalue weighted by Gasteiger charge is 2.01. The van der Waals surface area contributed by atoms with Crippen LogP contribution in [0.1, 0.15) is 12.8 Å². The molecule has 80 valence electrons. The molecule has 0 atom stereocenters. The summed E-state index contributed by atoms with van der Waals surface area (Å²) in [5.74, 6) is 2.59. The van der Waals surface area contributed by atoms with Crippen molar-refractivity contribution in [3.63, 3.8) is 0 Å². The van der Waals surface area contributed by atoms with E-state index in [0.29, 0.717) is 13.0 Å². The number of rotatable bonds is 3. The van der Waals surface area contributed by atoms with Gasteiger partial charge >= 0.3 is 0 Å². The molecule has 0 N–H and O–H groups in total. The van der Waals surface area contributed by atoms with Crippen LogP contribution in [0.15, 0.2) is 41.2 Å². The first-order valence-electron chi connectivity index (χ1n) is 5.35. The number of aromatic nitrogens is 1. The van der Waals surface area contributed by atoms with E-state index in [-0.39, 0.29) is 5.56 Å². The molecule has 0 aliphatic carbocycles. The average molecular weight is 211 g/mol. The Kier molecular flexibility index (Phi) is 3.07. The zero-order valence-corrected chi connectivity index (χ0v) is 9.02. The van der Waals surface area contributed by atoms with Gasteiger partial charge in [0.05, 0.1) is 5.52 Å². The maximum Gasteiger partial charge on any atom is 0.251 e. The molecule has 0 spiro atoms. The predicted molar refractivity (Wildman–Crippen MR) is 66.3 cm³/mol. The molecule has 2 rings (SSSR count).